The van der Waals surface area contributed by atoms with E-state index in [1.54, 1.807) is 6.92 Å². The van der Waals surface area contributed by atoms with Gasteiger partial charge < -0.3 is 5.32 Å². The number of hydrogen-bond acceptors (Lipinski definition) is 4. The predicted molar refractivity (Wildman–Crippen MR) is 67.3 cm³/mol. The SMILES string of the molecule is Cc1ccc(F)cc1S(=O)(=O)N1CCNCC1C#N. The van der Waals surface area contributed by atoms with Crippen LogP contribution in [0.25, 0.3) is 0 Å². The quantitative estimate of drug-likeness (QED) is 0.863. The van der Waals surface area contributed by atoms with E-state index < -0.39 is 21.9 Å². The molecule has 1 aliphatic heterocycles. The molecule has 1 heterocycles. The molecule has 0 spiro atoms. The number of nitriles is 1. The third kappa shape index (κ3) is 2.61. The lowest BCUT2D eigenvalue weighted by atomic mass is 10.2. The maximum atomic E-state index is 13.3. The average molecular weight is 283 g/mol. The Bertz CT molecular complexity index is 624. The first-order chi connectivity index (χ1) is 8.96. The van der Waals surface area contributed by atoms with Gasteiger partial charge in [-0.3, -0.25) is 0 Å². The molecule has 1 unspecified atom stereocenters. The van der Waals surface area contributed by atoms with Gasteiger partial charge in [-0.2, -0.15) is 9.57 Å². The zero-order chi connectivity index (χ0) is 14.0. The Morgan fingerprint density at radius 2 is 2.26 bits per heavy atom. The molecule has 1 fully saturated rings. The summed E-state index contributed by atoms with van der Waals surface area (Å²) in [6.45, 7) is 2.57. The lowest BCUT2D eigenvalue weighted by Crippen LogP contribution is -2.52. The van der Waals surface area contributed by atoms with E-state index >= 15 is 0 Å². The van der Waals surface area contributed by atoms with Crippen LogP contribution in [0.3, 0.4) is 0 Å². The third-order valence-electron chi connectivity index (χ3n) is 3.08. The van der Waals surface area contributed by atoms with Crippen molar-refractivity contribution in [2.24, 2.45) is 0 Å². The van der Waals surface area contributed by atoms with Crippen molar-refractivity contribution in [2.45, 2.75) is 17.9 Å². The maximum absolute atomic E-state index is 13.3. The Morgan fingerprint density at radius 3 is 2.95 bits per heavy atom. The van der Waals surface area contributed by atoms with E-state index in [0.717, 1.165) is 10.4 Å². The summed E-state index contributed by atoms with van der Waals surface area (Å²) in [5, 5.41) is 12.0. The highest BCUT2D eigenvalue weighted by atomic mass is 32.2. The molecule has 5 nitrogen and oxygen atoms in total. The van der Waals surface area contributed by atoms with Gasteiger partial charge in [0.1, 0.15) is 11.9 Å². The topological polar surface area (TPSA) is 73.2 Å². The second-order valence-electron chi connectivity index (χ2n) is 4.37. The molecule has 1 atom stereocenters. The van der Waals surface area contributed by atoms with Crippen molar-refractivity contribution in [1.29, 1.82) is 5.26 Å². The van der Waals surface area contributed by atoms with Gasteiger partial charge in [0.2, 0.25) is 10.0 Å². The monoisotopic (exact) mass is 283 g/mol. The minimum absolute atomic E-state index is 0.0744. The highest BCUT2D eigenvalue weighted by Crippen LogP contribution is 2.23. The minimum atomic E-state index is -3.85. The Hall–Kier alpha value is -1.49. The highest BCUT2D eigenvalue weighted by molar-refractivity contribution is 7.89. The van der Waals surface area contributed by atoms with Crippen LogP contribution in [0.15, 0.2) is 23.1 Å². The second-order valence-corrected chi connectivity index (χ2v) is 6.23. The molecule has 0 saturated carbocycles. The Kier molecular flexibility index (Phi) is 3.85. The maximum Gasteiger partial charge on any atom is 0.244 e. The van der Waals surface area contributed by atoms with Gasteiger partial charge in [0, 0.05) is 19.6 Å². The number of benzene rings is 1. The Morgan fingerprint density at radius 1 is 1.53 bits per heavy atom. The third-order valence-corrected chi connectivity index (χ3v) is 5.13. The predicted octanol–water partition coefficient (Wildman–Crippen LogP) is 0.620. The molecule has 0 amide bonds. The normalized spacial score (nSPS) is 21.0. The summed E-state index contributed by atoms with van der Waals surface area (Å²) in [6.07, 6.45) is 0. The fourth-order valence-electron chi connectivity index (χ4n) is 2.06. The fraction of sp³-hybridized carbons (Fsp3) is 0.417. The van der Waals surface area contributed by atoms with Crippen LogP contribution >= 0.6 is 0 Å². The van der Waals surface area contributed by atoms with E-state index in [1.807, 2.05) is 6.07 Å². The summed E-state index contributed by atoms with van der Waals surface area (Å²) in [5.74, 6) is -0.604. The number of nitrogens with one attached hydrogen (secondary N) is 1. The molecule has 19 heavy (non-hydrogen) atoms. The zero-order valence-corrected chi connectivity index (χ0v) is 11.2. The van der Waals surface area contributed by atoms with Crippen LogP contribution < -0.4 is 5.32 Å². The van der Waals surface area contributed by atoms with Gasteiger partial charge in [0.05, 0.1) is 11.0 Å². The van der Waals surface area contributed by atoms with Crippen molar-refractivity contribution in [1.82, 2.24) is 9.62 Å². The number of aryl methyl sites for hydroxylation is 1. The lowest BCUT2D eigenvalue weighted by molar-refractivity contribution is 0.311. The van der Waals surface area contributed by atoms with Crippen LogP contribution in [0.5, 0.6) is 0 Å². The van der Waals surface area contributed by atoms with Crippen LogP contribution in [0.1, 0.15) is 5.56 Å². The molecule has 1 saturated heterocycles. The van der Waals surface area contributed by atoms with E-state index in [2.05, 4.69) is 5.32 Å². The van der Waals surface area contributed by atoms with Crippen LogP contribution in [-0.4, -0.2) is 38.4 Å². The molecule has 0 aromatic heterocycles. The molecule has 0 bridgehead atoms. The second kappa shape index (κ2) is 5.25. The van der Waals surface area contributed by atoms with E-state index in [0.29, 0.717) is 12.1 Å². The molecule has 1 N–H and O–H groups in total. The van der Waals surface area contributed by atoms with E-state index in [4.69, 9.17) is 5.26 Å². The van der Waals surface area contributed by atoms with Gasteiger partial charge in [0.15, 0.2) is 0 Å². The summed E-state index contributed by atoms with van der Waals surface area (Å²) >= 11 is 0. The van der Waals surface area contributed by atoms with E-state index in [1.165, 1.54) is 12.1 Å². The minimum Gasteiger partial charge on any atom is -0.313 e. The van der Waals surface area contributed by atoms with Crippen molar-refractivity contribution >= 4 is 10.0 Å². The summed E-state index contributed by atoms with van der Waals surface area (Å²) in [6, 6.07) is 4.83. The number of hydrogen-bond donors (Lipinski definition) is 1. The number of rotatable bonds is 2. The number of nitrogens with zero attached hydrogens (tertiary/aromatic N) is 2. The van der Waals surface area contributed by atoms with Gasteiger partial charge in [-0.15, -0.1) is 0 Å². The summed E-state index contributed by atoms with van der Waals surface area (Å²) < 4.78 is 39.4. The first-order valence-electron chi connectivity index (χ1n) is 5.85. The summed E-state index contributed by atoms with van der Waals surface area (Å²) in [4.78, 5) is -0.0744. The summed E-state index contributed by atoms with van der Waals surface area (Å²) in [5.41, 5.74) is 0.469. The molecule has 0 aliphatic carbocycles. The van der Waals surface area contributed by atoms with Gasteiger partial charge in [-0.1, -0.05) is 6.07 Å². The van der Waals surface area contributed by atoms with E-state index in [9.17, 15) is 12.8 Å². The number of piperazine rings is 1. The molecule has 0 radical (unpaired) electrons. The zero-order valence-electron chi connectivity index (χ0n) is 10.4. The lowest BCUT2D eigenvalue weighted by Gasteiger charge is -2.31. The molecule has 1 aliphatic rings. The van der Waals surface area contributed by atoms with Crippen LogP contribution in [0.4, 0.5) is 4.39 Å². The standard InChI is InChI=1S/C12H14FN3O2S/c1-9-2-3-10(13)6-12(9)19(17,18)16-5-4-15-8-11(16)7-14/h2-3,6,11,15H,4-5,8H2,1H3. The van der Waals surface area contributed by atoms with Gasteiger partial charge in [-0.05, 0) is 24.6 Å². The smallest absolute Gasteiger partial charge is 0.244 e. The van der Waals surface area contributed by atoms with Crippen LogP contribution in [0.2, 0.25) is 0 Å². The molecular weight excluding hydrogens is 269 g/mol. The van der Waals surface area contributed by atoms with Crippen molar-refractivity contribution < 1.29 is 12.8 Å². The van der Waals surface area contributed by atoms with Gasteiger partial charge in [0.25, 0.3) is 0 Å². The number of sulfonamides is 1. The molecule has 1 aromatic carbocycles. The Balaban J connectivity index is 2.47. The fourth-order valence-corrected chi connectivity index (χ4v) is 3.84. The van der Waals surface area contributed by atoms with Crippen molar-refractivity contribution in [3.63, 3.8) is 0 Å². The highest BCUT2D eigenvalue weighted by Gasteiger charge is 2.34. The first-order valence-corrected chi connectivity index (χ1v) is 7.29. The van der Waals surface area contributed by atoms with Crippen LogP contribution in [0, 0.1) is 24.1 Å². The van der Waals surface area contributed by atoms with Gasteiger partial charge in [-0.25, -0.2) is 12.8 Å². The van der Waals surface area contributed by atoms with E-state index in [-0.39, 0.29) is 18.0 Å². The van der Waals surface area contributed by atoms with Crippen LogP contribution in [-0.2, 0) is 10.0 Å². The largest absolute Gasteiger partial charge is 0.313 e. The molecular formula is C12H14FN3O2S. The Labute approximate surface area is 111 Å². The average Bonchev–Trinajstić information content (AvgIpc) is 2.41. The molecule has 102 valence electrons. The molecule has 7 heteroatoms. The molecule has 2 rings (SSSR count). The summed E-state index contributed by atoms with van der Waals surface area (Å²) in [7, 11) is -3.85. The molecule has 1 aromatic rings. The van der Waals surface area contributed by atoms with Crippen molar-refractivity contribution in [3.8, 4) is 6.07 Å². The van der Waals surface area contributed by atoms with Gasteiger partial charge >= 0.3 is 0 Å². The first kappa shape index (κ1) is 13.9. The number of halogens is 1. The van der Waals surface area contributed by atoms with Crippen molar-refractivity contribution in [2.75, 3.05) is 19.6 Å². The van der Waals surface area contributed by atoms with Crippen molar-refractivity contribution in [3.05, 3.63) is 29.6 Å².